The lowest BCUT2D eigenvalue weighted by molar-refractivity contribution is 0.00578. The third-order valence-electron chi connectivity index (χ3n) is 11.0. The van der Waals surface area contributed by atoms with Gasteiger partial charge in [-0.15, -0.1) is 0 Å². The molecule has 0 spiro atoms. The summed E-state index contributed by atoms with van der Waals surface area (Å²) in [5.41, 5.74) is 11.0. The third kappa shape index (κ3) is 8.64. The van der Waals surface area contributed by atoms with Crippen LogP contribution in [0.4, 0.5) is 10.3 Å². The van der Waals surface area contributed by atoms with Gasteiger partial charge in [0.25, 0.3) is 0 Å². The van der Waals surface area contributed by atoms with E-state index in [9.17, 15) is 8.42 Å². The fourth-order valence-corrected chi connectivity index (χ4v) is 8.68. The first-order valence-corrected chi connectivity index (χ1v) is 20.9. The first kappa shape index (κ1) is 39.7. The summed E-state index contributed by atoms with van der Waals surface area (Å²) in [5, 5.41) is 0.784. The van der Waals surface area contributed by atoms with E-state index < -0.39 is 28.5 Å². The van der Waals surface area contributed by atoms with Crippen molar-refractivity contribution in [3.8, 4) is 0 Å². The van der Waals surface area contributed by atoms with Gasteiger partial charge < -0.3 is 24.4 Å². The van der Waals surface area contributed by atoms with Crippen molar-refractivity contribution in [3.63, 3.8) is 0 Å². The van der Waals surface area contributed by atoms with E-state index in [2.05, 4.69) is 69.3 Å². The number of rotatable bonds is 5. The number of fused-ring (bicyclic) bond motifs is 2. The summed E-state index contributed by atoms with van der Waals surface area (Å²) in [7, 11) is -4.36. The minimum atomic E-state index is -3.69. The zero-order valence-electron chi connectivity index (χ0n) is 31.7. The number of nitrogen functional groups attached to an aromatic ring is 1. The van der Waals surface area contributed by atoms with Crippen LogP contribution in [0.3, 0.4) is 0 Å². The number of nitrogens with one attached hydrogen (secondary N) is 1. The molecular weight excluding hydrogens is 732 g/mol. The lowest BCUT2D eigenvalue weighted by atomic mass is 9.72. The van der Waals surface area contributed by atoms with Crippen LogP contribution in [-0.4, -0.2) is 74.6 Å². The van der Waals surface area contributed by atoms with Gasteiger partial charge in [-0.25, -0.2) is 14.7 Å². The topological polar surface area (TPSA) is 164 Å². The second-order valence-electron chi connectivity index (χ2n) is 15.6. The Morgan fingerprint density at radius 1 is 0.717 bits per heavy atom. The van der Waals surface area contributed by atoms with Gasteiger partial charge in [-0.3, -0.25) is 0 Å². The van der Waals surface area contributed by atoms with E-state index in [4.69, 9.17) is 24.4 Å². The molecule has 0 atom stereocenters. The summed E-state index contributed by atoms with van der Waals surface area (Å²) in [6.45, 7) is 17.2. The molecule has 4 aliphatic rings. The van der Waals surface area contributed by atoms with Crippen molar-refractivity contribution in [1.29, 1.82) is 0 Å². The van der Waals surface area contributed by atoms with E-state index in [-0.39, 0.29) is 30.0 Å². The molecule has 2 aromatic carbocycles. The fourth-order valence-electron chi connectivity index (χ4n) is 6.59. The summed E-state index contributed by atoms with van der Waals surface area (Å²) in [6, 6.07) is 12.5. The van der Waals surface area contributed by atoms with Crippen LogP contribution in [0.25, 0.3) is 0 Å². The highest BCUT2D eigenvalue weighted by Crippen LogP contribution is 2.38. The lowest BCUT2D eigenvalue weighted by Gasteiger charge is -2.32. The maximum absolute atomic E-state index is 12.7. The number of hydrogen-bond acceptors (Lipinski definition) is 13. The highest BCUT2D eigenvalue weighted by molar-refractivity contribution is 7.90. The van der Waals surface area contributed by atoms with Crippen LogP contribution in [0.1, 0.15) is 90.5 Å². The summed E-state index contributed by atoms with van der Waals surface area (Å²) in [5.74, 6) is 0. The second kappa shape index (κ2) is 15.3. The average molecular weight is 782 g/mol. The van der Waals surface area contributed by atoms with Crippen LogP contribution < -0.4 is 21.4 Å². The van der Waals surface area contributed by atoms with Crippen LogP contribution in [0.5, 0.6) is 0 Å². The number of aromatic nitrogens is 4. The third-order valence-corrected chi connectivity index (χ3v) is 13.7. The Morgan fingerprint density at radius 2 is 1.23 bits per heavy atom. The van der Waals surface area contributed by atoms with Crippen LogP contribution in [0.15, 0.2) is 49.1 Å². The van der Waals surface area contributed by atoms with Crippen LogP contribution in [-0.2, 0) is 54.6 Å². The zero-order valence-corrected chi connectivity index (χ0v) is 34.2. The number of hydrogen-bond donors (Lipinski definition) is 2. The van der Waals surface area contributed by atoms with E-state index in [1.807, 2.05) is 45.9 Å². The molecule has 18 heteroatoms. The normalized spacial score (nSPS) is 21.1. The maximum atomic E-state index is 12.7. The number of nitrogens with zero attached hydrogens (tertiary/aromatic N) is 5. The molecule has 4 aromatic rings. The Morgan fingerprint density at radius 3 is 1.72 bits per heavy atom. The standard InChI is InChI=1S/C17H23BN4O4S2.C16H23BO2.C2H3N3S/c1-16(2)17(3,4)26-18(25-16)14-7-5-6-12-10-22(9-8-13(12)14)28(23,24)21-15-19-11-20-27-15;1-15(2)16(3,4)19-17(18-15)14-11-7-9-12-8-5-6-10-13(12)14;3-2-4-1-5-6-2/h5-7,11H,8-10H2,1-4H3,(H,19,20,21);7,9,11H,5-6,8,10H2,1-4H3;1H,(H2,3,4,5). The van der Waals surface area contributed by atoms with Crippen molar-refractivity contribution < 1.29 is 27.0 Å². The largest absolute Gasteiger partial charge is 0.495 e. The van der Waals surface area contributed by atoms with Gasteiger partial charge in [0.15, 0.2) is 5.13 Å². The van der Waals surface area contributed by atoms with Crippen LogP contribution >= 0.6 is 23.1 Å². The molecule has 0 radical (unpaired) electrons. The van der Waals surface area contributed by atoms with E-state index in [0.717, 1.165) is 34.5 Å². The molecule has 1 aliphatic carbocycles. The number of aryl methyl sites for hydroxylation is 1. The van der Waals surface area contributed by atoms with Gasteiger partial charge >= 0.3 is 24.4 Å². The molecule has 13 nitrogen and oxygen atoms in total. The first-order valence-electron chi connectivity index (χ1n) is 17.9. The van der Waals surface area contributed by atoms with Gasteiger partial charge in [0, 0.05) is 36.2 Å². The van der Waals surface area contributed by atoms with E-state index in [0.29, 0.717) is 18.1 Å². The van der Waals surface area contributed by atoms with Gasteiger partial charge in [0.05, 0.1) is 22.4 Å². The molecule has 0 unspecified atom stereocenters. The van der Waals surface area contributed by atoms with Crippen molar-refractivity contribution in [1.82, 2.24) is 23.0 Å². The molecule has 0 saturated carbocycles. The predicted octanol–water partition coefficient (Wildman–Crippen LogP) is 4.54. The van der Waals surface area contributed by atoms with E-state index in [1.165, 1.54) is 64.3 Å². The fraction of sp³-hybridized carbons (Fsp3) is 0.543. The summed E-state index contributed by atoms with van der Waals surface area (Å²) >= 11 is 2.20. The Kier molecular flexibility index (Phi) is 11.5. The molecule has 53 heavy (non-hydrogen) atoms. The molecule has 2 fully saturated rings. The Balaban J connectivity index is 0.000000164. The molecule has 0 amide bonds. The molecule has 3 aliphatic heterocycles. The molecule has 8 rings (SSSR count). The predicted molar refractivity (Wildman–Crippen MR) is 212 cm³/mol. The monoisotopic (exact) mass is 781 g/mol. The molecule has 2 saturated heterocycles. The van der Waals surface area contributed by atoms with Gasteiger partial charge in [0.2, 0.25) is 5.13 Å². The summed E-state index contributed by atoms with van der Waals surface area (Å²) in [4.78, 5) is 7.49. The van der Waals surface area contributed by atoms with Gasteiger partial charge in [0.1, 0.15) is 12.7 Å². The zero-order chi connectivity index (χ0) is 38.2. The molecule has 5 heterocycles. The maximum Gasteiger partial charge on any atom is 0.495 e. The van der Waals surface area contributed by atoms with Crippen molar-refractivity contribution in [2.45, 2.75) is 116 Å². The van der Waals surface area contributed by atoms with Gasteiger partial charge in [-0.05, 0) is 121 Å². The van der Waals surface area contributed by atoms with Crippen LogP contribution in [0.2, 0.25) is 0 Å². The summed E-state index contributed by atoms with van der Waals surface area (Å²) in [6.07, 6.45) is 8.29. The van der Waals surface area contributed by atoms with Crippen LogP contribution in [0, 0.1) is 0 Å². The SMILES string of the molecule is CC1(C)OB(c2cccc3c2CCCC3)OC1(C)C.CC1(C)OB(c2cccc3c2CCN(S(=O)(=O)Nc2ncns2)C3)OC1(C)C.Nc1ncns1. The molecule has 2 aromatic heterocycles. The van der Waals surface area contributed by atoms with Crippen molar-refractivity contribution >= 4 is 68.7 Å². The average Bonchev–Trinajstić information content (AvgIpc) is 3.88. The Labute approximate surface area is 322 Å². The van der Waals surface area contributed by atoms with Crippen molar-refractivity contribution in [2.75, 3.05) is 17.0 Å². The number of anilines is 2. The van der Waals surface area contributed by atoms with Gasteiger partial charge in [-0.2, -0.15) is 21.5 Å². The quantitative estimate of drug-likeness (QED) is 0.274. The van der Waals surface area contributed by atoms with Gasteiger partial charge in [-0.1, -0.05) is 36.4 Å². The molecule has 284 valence electrons. The number of benzene rings is 2. The first-order chi connectivity index (χ1) is 24.9. The summed E-state index contributed by atoms with van der Waals surface area (Å²) < 4.78 is 61.5. The van der Waals surface area contributed by atoms with Crippen molar-refractivity contribution in [3.05, 3.63) is 71.3 Å². The molecule has 0 bridgehead atoms. The van der Waals surface area contributed by atoms with E-state index in [1.54, 1.807) is 0 Å². The molecule has 3 N–H and O–H groups in total. The van der Waals surface area contributed by atoms with E-state index >= 15 is 0 Å². The Bertz CT molecular complexity index is 1950. The number of nitrogens with two attached hydrogens (primary N) is 1. The minimum Gasteiger partial charge on any atom is -0.399 e. The van der Waals surface area contributed by atoms with Crippen molar-refractivity contribution in [2.24, 2.45) is 0 Å². The second-order valence-corrected chi connectivity index (χ2v) is 18.8. The highest BCUT2D eigenvalue weighted by Gasteiger charge is 2.53. The highest BCUT2D eigenvalue weighted by atomic mass is 32.2. The Hall–Kier alpha value is -2.96. The lowest BCUT2D eigenvalue weighted by Crippen LogP contribution is -2.44. The minimum absolute atomic E-state index is 0.210. The smallest absolute Gasteiger partial charge is 0.399 e. The molecular formula is C35H49B2N7O6S3.